The van der Waals surface area contributed by atoms with Gasteiger partial charge in [-0.3, -0.25) is 4.98 Å². The highest BCUT2D eigenvalue weighted by Crippen LogP contribution is 2.45. The second-order valence-electron chi connectivity index (χ2n) is 12.5. The van der Waals surface area contributed by atoms with Crippen LogP contribution in [0.4, 0.5) is 0 Å². The summed E-state index contributed by atoms with van der Waals surface area (Å²) in [5.41, 5.74) is 12.2. The zero-order valence-electron chi connectivity index (χ0n) is 26.4. The van der Waals surface area contributed by atoms with Gasteiger partial charge in [-0.15, -0.1) is 0 Å². The van der Waals surface area contributed by atoms with Gasteiger partial charge >= 0.3 is 0 Å². The molecule has 7 aromatic carbocycles. The highest BCUT2D eigenvalue weighted by atomic mass is 127. The molecule has 9 rings (SSSR count). The molecule has 228 valence electrons. The van der Waals surface area contributed by atoms with E-state index in [9.17, 15) is 0 Å². The smallest absolute Gasteiger partial charge is 0.0571 e. The minimum absolute atomic E-state index is 0.428. The summed E-state index contributed by atoms with van der Waals surface area (Å²) in [6.07, 6.45) is 3.90. The zero-order chi connectivity index (χ0) is 32.2. The van der Waals surface area contributed by atoms with Crippen molar-refractivity contribution in [3.05, 3.63) is 170 Å². The first kappa shape index (κ1) is 28.9. The first-order valence-electron chi connectivity index (χ1n) is 16.4. The van der Waals surface area contributed by atoms with E-state index in [-0.39, 0.29) is 0 Å². The van der Waals surface area contributed by atoms with Crippen LogP contribution in [0.3, 0.4) is 0 Å². The first-order chi connectivity index (χ1) is 23.7. The third-order valence-corrected chi connectivity index (χ3v) is 10.4. The molecular weight excluding hydrogens is 695 g/mol. The molecule has 2 nitrogen and oxygen atoms in total. The molecule has 0 radical (unpaired) electrons. The maximum atomic E-state index is 4.56. The Morgan fingerprint density at radius 2 is 1.06 bits per heavy atom. The Morgan fingerprint density at radius 3 is 1.75 bits per heavy atom. The molecular formula is C45H31IN2. The van der Waals surface area contributed by atoms with Crippen LogP contribution in [0.1, 0.15) is 16.4 Å². The van der Waals surface area contributed by atoms with E-state index in [4.69, 9.17) is 0 Å². The topological polar surface area (TPSA) is 17.8 Å². The van der Waals surface area contributed by atoms with Gasteiger partial charge in [-0.1, -0.05) is 138 Å². The predicted octanol–water partition coefficient (Wildman–Crippen LogP) is 13.0. The van der Waals surface area contributed by atoms with E-state index in [1.807, 2.05) is 12.4 Å². The Balaban J connectivity index is 1.31. The second kappa shape index (κ2) is 11.8. The molecule has 9 aromatic rings. The lowest BCUT2D eigenvalue weighted by Gasteiger charge is -2.18. The van der Waals surface area contributed by atoms with Crippen LogP contribution >= 0.6 is 22.6 Å². The summed E-state index contributed by atoms with van der Waals surface area (Å²) in [4.78, 5) is 4.56. The van der Waals surface area contributed by atoms with E-state index >= 15 is 0 Å². The summed E-state index contributed by atoms with van der Waals surface area (Å²) in [6, 6.07) is 55.5. The summed E-state index contributed by atoms with van der Waals surface area (Å²) >= 11 is 2.49. The van der Waals surface area contributed by atoms with Gasteiger partial charge in [-0.05, 0) is 104 Å². The highest BCUT2D eigenvalue weighted by molar-refractivity contribution is 14.1. The monoisotopic (exact) mass is 726 g/mol. The van der Waals surface area contributed by atoms with E-state index in [1.165, 1.54) is 82.6 Å². The van der Waals surface area contributed by atoms with Crippen molar-refractivity contribution >= 4 is 65.9 Å². The van der Waals surface area contributed by atoms with Gasteiger partial charge in [0, 0.05) is 32.8 Å². The highest BCUT2D eigenvalue weighted by Gasteiger charge is 2.19. The number of hydrogen-bond donors (Lipinski definition) is 0. The van der Waals surface area contributed by atoms with Crippen molar-refractivity contribution in [3.8, 4) is 39.1 Å². The number of hydrogen-bond acceptors (Lipinski definition) is 1. The third-order valence-electron chi connectivity index (χ3n) is 9.64. The molecule has 0 aliphatic heterocycles. The van der Waals surface area contributed by atoms with Gasteiger partial charge in [-0.25, -0.2) is 0 Å². The summed E-state index contributed by atoms with van der Waals surface area (Å²) < 4.78 is 2.81. The fourth-order valence-electron chi connectivity index (χ4n) is 7.42. The molecule has 0 amide bonds. The number of nitrogens with zero attached hydrogens (tertiary/aromatic N) is 2. The fraction of sp³-hybridized carbons (Fsp3) is 0.0444. The SMILES string of the molecule is CC(I)c1cccc(-n2c3ccncc3c3cc(-c4ccc5c(-c6ccccc6)c6ccccc6c(-c6ccccc6)c5c4)ccc32)c1. The van der Waals surface area contributed by atoms with Crippen molar-refractivity contribution in [3.63, 3.8) is 0 Å². The van der Waals surface area contributed by atoms with Gasteiger partial charge in [0.25, 0.3) is 0 Å². The lowest BCUT2D eigenvalue weighted by atomic mass is 9.85. The Labute approximate surface area is 293 Å². The minimum atomic E-state index is 0.428. The largest absolute Gasteiger partial charge is 0.309 e. The number of rotatable bonds is 5. The van der Waals surface area contributed by atoms with Crippen molar-refractivity contribution in [2.24, 2.45) is 0 Å². The maximum absolute atomic E-state index is 4.56. The van der Waals surface area contributed by atoms with Gasteiger partial charge in [0.05, 0.1) is 11.0 Å². The first-order valence-corrected chi connectivity index (χ1v) is 17.6. The molecule has 0 fully saturated rings. The number of benzene rings is 7. The molecule has 0 aliphatic carbocycles. The van der Waals surface area contributed by atoms with E-state index in [0.29, 0.717) is 3.92 Å². The van der Waals surface area contributed by atoms with Crippen molar-refractivity contribution in [1.82, 2.24) is 9.55 Å². The van der Waals surface area contributed by atoms with E-state index < -0.39 is 0 Å². The van der Waals surface area contributed by atoms with Crippen LogP contribution in [0.5, 0.6) is 0 Å². The summed E-state index contributed by atoms with van der Waals surface area (Å²) in [5.74, 6) is 0. The van der Waals surface area contributed by atoms with E-state index in [2.05, 4.69) is 191 Å². The molecule has 2 heterocycles. The number of halogens is 1. The van der Waals surface area contributed by atoms with Crippen LogP contribution in [0, 0.1) is 0 Å². The van der Waals surface area contributed by atoms with Crippen molar-refractivity contribution < 1.29 is 0 Å². The Kier molecular flexibility index (Phi) is 7.09. The minimum Gasteiger partial charge on any atom is -0.309 e. The Bertz CT molecular complexity index is 2640. The van der Waals surface area contributed by atoms with Gasteiger partial charge in [0.1, 0.15) is 0 Å². The summed E-state index contributed by atoms with van der Waals surface area (Å²) in [7, 11) is 0. The fourth-order valence-corrected chi connectivity index (χ4v) is 7.81. The van der Waals surface area contributed by atoms with Gasteiger partial charge in [0.15, 0.2) is 0 Å². The van der Waals surface area contributed by atoms with E-state index in [1.54, 1.807) is 0 Å². The molecule has 0 saturated heterocycles. The third kappa shape index (κ3) is 4.72. The molecule has 3 heteroatoms. The molecule has 0 spiro atoms. The lowest BCUT2D eigenvalue weighted by molar-refractivity contribution is 1.11. The average Bonchev–Trinajstić information content (AvgIpc) is 3.48. The zero-order valence-corrected chi connectivity index (χ0v) is 28.6. The van der Waals surface area contributed by atoms with Crippen LogP contribution in [-0.4, -0.2) is 9.55 Å². The normalized spacial score (nSPS) is 12.3. The van der Waals surface area contributed by atoms with E-state index in [0.717, 1.165) is 5.39 Å². The van der Waals surface area contributed by atoms with Gasteiger partial charge < -0.3 is 4.57 Å². The molecule has 0 saturated carbocycles. The quantitative estimate of drug-likeness (QED) is 0.0981. The van der Waals surface area contributed by atoms with Crippen LogP contribution < -0.4 is 0 Å². The van der Waals surface area contributed by atoms with Gasteiger partial charge in [0.2, 0.25) is 0 Å². The van der Waals surface area contributed by atoms with Crippen LogP contribution in [0.15, 0.2) is 164 Å². The van der Waals surface area contributed by atoms with Gasteiger partial charge in [-0.2, -0.15) is 0 Å². The van der Waals surface area contributed by atoms with Crippen molar-refractivity contribution in [2.75, 3.05) is 0 Å². The summed E-state index contributed by atoms with van der Waals surface area (Å²) in [6.45, 7) is 2.24. The molecule has 48 heavy (non-hydrogen) atoms. The average molecular weight is 727 g/mol. The van der Waals surface area contributed by atoms with Crippen LogP contribution in [0.25, 0.3) is 82.4 Å². The molecule has 0 aliphatic rings. The second-order valence-corrected chi connectivity index (χ2v) is 14.3. The molecule has 1 unspecified atom stereocenters. The van der Waals surface area contributed by atoms with Crippen molar-refractivity contribution in [1.29, 1.82) is 0 Å². The Morgan fingerprint density at radius 1 is 0.479 bits per heavy atom. The van der Waals surface area contributed by atoms with Crippen LogP contribution in [0.2, 0.25) is 0 Å². The molecule has 0 N–H and O–H groups in total. The molecule has 1 atom stereocenters. The molecule has 2 aromatic heterocycles. The van der Waals surface area contributed by atoms with Crippen molar-refractivity contribution in [2.45, 2.75) is 10.8 Å². The summed E-state index contributed by atoms with van der Waals surface area (Å²) in [5, 5.41) is 7.41. The maximum Gasteiger partial charge on any atom is 0.0571 e. The molecule has 0 bridgehead atoms. The predicted molar refractivity (Wildman–Crippen MR) is 212 cm³/mol. The number of pyridine rings is 1. The standard InChI is InChI=1S/C45H31IN2/c1-29(46)32-15-10-16-35(25-32)48-42-22-20-34(26-39(42)41-28-47-24-23-43(41)48)33-19-21-38-40(27-33)45(31-13-6-3-7-14-31)37-18-9-8-17-36(37)44(38)30-11-4-2-5-12-30/h2-29H,1H3. The Hall–Kier alpha value is -5.26. The number of alkyl halides is 1. The number of aromatic nitrogens is 2. The lowest BCUT2D eigenvalue weighted by Crippen LogP contribution is -1.95. The number of fused-ring (bicyclic) bond motifs is 5. The van der Waals surface area contributed by atoms with Crippen LogP contribution in [-0.2, 0) is 0 Å².